The summed E-state index contributed by atoms with van der Waals surface area (Å²) in [5.74, 6) is -0.979. The SMILES string of the molecule is O=C1CN(C2CC2)c2cc(C(=O)O)ccc2N1. The zero-order valence-electron chi connectivity index (χ0n) is 9.14. The van der Waals surface area contributed by atoms with E-state index in [-0.39, 0.29) is 11.5 Å². The fourth-order valence-corrected chi connectivity index (χ4v) is 2.15. The maximum Gasteiger partial charge on any atom is 0.335 e. The maximum absolute atomic E-state index is 11.5. The first-order valence-corrected chi connectivity index (χ1v) is 5.59. The van der Waals surface area contributed by atoms with Crippen molar-refractivity contribution in [1.29, 1.82) is 0 Å². The number of carboxylic acid groups (broad SMARTS) is 1. The molecule has 1 saturated carbocycles. The zero-order chi connectivity index (χ0) is 12.0. The minimum atomic E-state index is -0.944. The van der Waals surface area contributed by atoms with Gasteiger partial charge in [0.1, 0.15) is 0 Å². The highest BCUT2D eigenvalue weighted by atomic mass is 16.4. The summed E-state index contributed by atoms with van der Waals surface area (Å²) < 4.78 is 0. The molecule has 0 unspecified atom stereocenters. The molecule has 0 atom stereocenters. The number of nitrogens with zero attached hydrogens (tertiary/aromatic N) is 1. The van der Waals surface area contributed by atoms with Crippen molar-refractivity contribution >= 4 is 23.3 Å². The summed E-state index contributed by atoms with van der Waals surface area (Å²) >= 11 is 0. The molecule has 2 aliphatic rings. The molecule has 3 rings (SSSR count). The van der Waals surface area contributed by atoms with Crippen LogP contribution in [0.4, 0.5) is 11.4 Å². The maximum atomic E-state index is 11.5. The summed E-state index contributed by atoms with van der Waals surface area (Å²) in [7, 11) is 0. The summed E-state index contributed by atoms with van der Waals surface area (Å²) in [6, 6.07) is 5.20. The van der Waals surface area contributed by atoms with Gasteiger partial charge in [-0.2, -0.15) is 0 Å². The zero-order valence-corrected chi connectivity index (χ0v) is 9.14. The molecule has 1 aliphatic heterocycles. The van der Waals surface area contributed by atoms with Crippen molar-refractivity contribution in [2.45, 2.75) is 18.9 Å². The van der Waals surface area contributed by atoms with Crippen LogP contribution in [0.25, 0.3) is 0 Å². The molecule has 0 saturated heterocycles. The second-order valence-corrected chi connectivity index (χ2v) is 4.44. The van der Waals surface area contributed by atoms with Crippen molar-refractivity contribution in [1.82, 2.24) is 0 Å². The van der Waals surface area contributed by atoms with Crippen LogP contribution in [0.5, 0.6) is 0 Å². The van der Waals surface area contributed by atoms with Crippen LogP contribution in [0.3, 0.4) is 0 Å². The standard InChI is InChI=1S/C12H12N2O3/c15-11-6-14(8-2-3-8)10-5-7(12(16)17)1-4-9(10)13-11/h1,4-5,8H,2-3,6H2,(H,13,15)(H,16,17). The molecule has 0 aromatic heterocycles. The Morgan fingerprint density at radius 1 is 1.41 bits per heavy atom. The molecule has 5 heteroatoms. The number of carbonyl (C=O) groups is 2. The van der Waals surface area contributed by atoms with Gasteiger partial charge in [-0.3, -0.25) is 4.79 Å². The molecule has 1 fully saturated rings. The topological polar surface area (TPSA) is 69.6 Å². The summed E-state index contributed by atoms with van der Waals surface area (Å²) in [5, 5.41) is 11.7. The Labute approximate surface area is 98.0 Å². The van der Waals surface area contributed by atoms with Gasteiger partial charge in [0.15, 0.2) is 0 Å². The van der Waals surface area contributed by atoms with E-state index >= 15 is 0 Å². The van der Waals surface area contributed by atoms with Gasteiger partial charge in [-0.1, -0.05) is 0 Å². The first-order valence-electron chi connectivity index (χ1n) is 5.59. The van der Waals surface area contributed by atoms with Gasteiger partial charge >= 0.3 is 5.97 Å². The monoisotopic (exact) mass is 232 g/mol. The molecule has 1 heterocycles. The molecule has 2 N–H and O–H groups in total. The summed E-state index contributed by atoms with van der Waals surface area (Å²) in [4.78, 5) is 24.5. The van der Waals surface area contributed by atoms with Crippen LogP contribution in [0.1, 0.15) is 23.2 Å². The number of amides is 1. The Kier molecular flexibility index (Phi) is 2.07. The number of anilines is 2. The van der Waals surface area contributed by atoms with Crippen molar-refractivity contribution in [3.05, 3.63) is 23.8 Å². The lowest BCUT2D eigenvalue weighted by molar-refractivity contribution is -0.115. The smallest absolute Gasteiger partial charge is 0.335 e. The predicted octanol–water partition coefficient (Wildman–Crippen LogP) is 1.31. The molecule has 1 aromatic carbocycles. The highest BCUT2D eigenvalue weighted by Crippen LogP contribution is 2.38. The summed E-state index contributed by atoms with van der Waals surface area (Å²) in [6.45, 7) is 0.320. The fourth-order valence-electron chi connectivity index (χ4n) is 2.15. The van der Waals surface area contributed by atoms with Gasteiger partial charge in [-0.25, -0.2) is 4.79 Å². The van der Waals surface area contributed by atoms with Gasteiger partial charge in [-0.05, 0) is 31.0 Å². The third kappa shape index (κ3) is 1.73. The lowest BCUT2D eigenvalue weighted by atomic mass is 10.1. The number of aromatic carboxylic acids is 1. The molecule has 0 bridgehead atoms. The summed E-state index contributed by atoms with van der Waals surface area (Å²) in [6.07, 6.45) is 2.15. The number of hydrogen-bond donors (Lipinski definition) is 2. The third-order valence-corrected chi connectivity index (χ3v) is 3.13. The van der Waals surface area contributed by atoms with Crippen LogP contribution in [-0.2, 0) is 4.79 Å². The Morgan fingerprint density at radius 2 is 2.18 bits per heavy atom. The van der Waals surface area contributed by atoms with Gasteiger partial charge in [0.2, 0.25) is 5.91 Å². The number of nitrogens with one attached hydrogen (secondary N) is 1. The van der Waals surface area contributed by atoms with Crippen molar-refractivity contribution in [2.75, 3.05) is 16.8 Å². The third-order valence-electron chi connectivity index (χ3n) is 3.13. The van der Waals surface area contributed by atoms with E-state index in [0.717, 1.165) is 18.5 Å². The van der Waals surface area contributed by atoms with Crippen LogP contribution in [0.15, 0.2) is 18.2 Å². The highest BCUT2D eigenvalue weighted by Gasteiger charge is 2.34. The molecule has 0 radical (unpaired) electrons. The van der Waals surface area contributed by atoms with Gasteiger partial charge in [0, 0.05) is 6.04 Å². The molecule has 1 aromatic rings. The number of carbonyl (C=O) groups excluding carboxylic acids is 1. The Morgan fingerprint density at radius 3 is 2.82 bits per heavy atom. The highest BCUT2D eigenvalue weighted by molar-refractivity contribution is 6.03. The van der Waals surface area contributed by atoms with E-state index in [9.17, 15) is 9.59 Å². The Balaban J connectivity index is 2.05. The lowest BCUT2D eigenvalue weighted by Crippen LogP contribution is -2.39. The Bertz CT molecular complexity index is 508. The van der Waals surface area contributed by atoms with Crippen LogP contribution in [-0.4, -0.2) is 29.6 Å². The fraction of sp³-hybridized carbons (Fsp3) is 0.333. The number of rotatable bonds is 2. The predicted molar refractivity (Wildman–Crippen MR) is 62.4 cm³/mol. The number of benzene rings is 1. The minimum absolute atomic E-state index is 0.0347. The molecule has 88 valence electrons. The second-order valence-electron chi connectivity index (χ2n) is 4.44. The normalized spacial score (nSPS) is 18.6. The average Bonchev–Trinajstić information content (AvgIpc) is 3.10. The minimum Gasteiger partial charge on any atom is -0.478 e. The van der Waals surface area contributed by atoms with Crippen LogP contribution >= 0.6 is 0 Å². The van der Waals surface area contributed by atoms with Gasteiger partial charge in [-0.15, -0.1) is 0 Å². The van der Waals surface area contributed by atoms with Crippen LogP contribution in [0.2, 0.25) is 0 Å². The first kappa shape index (κ1) is 10.1. The van der Waals surface area contributed by atoms with E-state index in [0.29, 0.717) is 18.3 Å². The van der Waals surface area contributed by atoms with E-state index in [1.54, 1.807) is 12.1 Å². The average molecular weight is 232 g/mol. The molecule has 1 aliphatic carbocycles. The Hall–Kier alpha value is -2.04. The molecule has 0 spiro atoms. The summed E-state index contributed by atoms with van der Waals surface area (Å²) in [5.41, 5.74) is 1.79. The lowest BCUT2D eigenvalue weighted by Gasteiger charge is -2.31. The van der Waals surface area contributed by atoms with Crippen molar-refractivity contribution in [3.63, 3.8) is 0 Å². The number of carboxylic acids is 1. The largest absolute Gasteiger partial charge is 0.478 e. The second kappa shape index (κ2) is 3.48. The van der Waals surface area contributed by atoms with Crippen molar-refractivity contribution < 1.29 is 14.7 Å². The first-order chi connectivity index (χ1) is 8.15. The van der Waals surface area contributed by atoms with E-state index in [1.165, 1.54) is 6.07 Å². The number of fused-ring (bicyclic) bond motifs is 1. The number of hydrogen-bond acceptors (Lipinski definition) is 3. The van der Waals surface area contributed by atoms with Crippen LogP contribution in [0, 0.1) is 0 Å². The van der Waals surface area contributed by atoms with Crippen molar-refractivity contribution in [3.8, 4) is 0 Å². The molecule has 17 heavy (non-hydrogen) atoms. The molecular formula is C12H12N2O3. The quantitative estimate of drug-likeness (QED) is 0.806. The molecule has 5 nitrogen and oxygen atoms in total. The van der Waals surface area contributed by atoms with Gasteiger partial charge in [0.05, 0.1) is 23.5 Å². The van der Waals surface area contributed by atoms with Gasteiger partial charge in [0.25, 0.3) is 0 Å². The van der Waals surface area contributed by atoms with E-state index < -0.39 is 5.97 Å². The molecule has 1 amide bonds. The molecular weight excluding hydrogens is 220 g/mol. The van der Waals surface area contributed by atoms with Crippen LogP contribution < -0.4 is 10.2 Å². The van der Waals surface area contributed by atoms with E-state index in [2.05, 4.69) is 5.32 Å². The van der Waals surface area contributed by atoms with Crippen molar-refractivity contribution in [2.24, 2.45) is 0 Å². The van der Waals surface area contributed by atoms with E-state index in [1.807, 2.05) is 4.90 Å². The van der Waals surface area contributed by atoms with E-state index in [4.69, 9.17) is 5.11 Å². The van der Waals surface area contributed by atoms with Gasteiger partial charge < -0.3 is 15.3 Å².